The van der Waals surface area contributed by atoms with Crippen LogP contribution in [0.25, 0.3) is 0 Å². The Bertz CT molecular complexity index is 967. The quantitative estimate of drug-likeness (QED) is 0.207. The zero-order valence-corrected chi connectivity index (χ0v) is 19.0. The van der Waals surface area contributed by atoms with Crippen molar-refractivity contribution in [1.29, 1.82) is 0 Å². The van der Waals surface area contributed by atoms with E-state index in [1.54, 1.807) is 12.2 Å². The van der Waals surface area contributed by atoms with Crippen LogP contribution in [0.5, 0.6) is 0 Å². The van der Waals surface area contributed by atoms with E-state index in [2.05, 4.69) is 13.2 Å². The molecule has 0 aliphatic heterocycles. The minimum atomic E-state index is -0.397. The molecular formula is C30H32O3. The van der Waals surface area contributed by atoms with Gasteiger partial charge in [0.2, 0.25) is 0 Å². The van der Waals surface area contributed by atoms with Crippen LogP contribution in [-0.4, -0.2) is 18.3 Å². The Kier molecular flexibility index (Phi) is 10.4. The molecule has 0 bridgehead atoms. The van der Waals surface area contributed by atoms with E-state index >= 15 is 0 Å². The van der Waals surface area contributed by atoms with Crippen LogP contribution in [0.3, 0.4) is 0 Å². The Labute approximate surface area is 197 Å². The van der Waals surface area contributed by atoms with Crippen molar-refractivity contribution >= 4 is 0 Å². The van der Waals surface area contributed by atoms with Gasteiger partial charge in [-0.3, -0.25) is 0 Å². The molecule has 0 spiro atoms. The Morgan fingerprint density at radius 2 is 1.00 bits per heavy atom. The second kappa shape index (κ2) is 14.0. The molecule has 3 aromatic rings. The topological polar surface area (TPSA) is 27.7 Å². The Morgan fingerprint density at radius 3 is 1.42 bits per heavy atom. The highest BCUT2D eigenvalue weighted by molar-refractivity contribution is 5.16. The first kappa shape index (κ1) is 24.4. The molecule has 0 aromatic heterocycles. The summed E-state index contributed by atoms with van der Waals surface area (Å²) in [4.78, 5) is 0. The fourth-order valence-corrected chi connectivity index (χ4v) is 3.42. The molecule has 0 aliphatic carbocycles. The largest absolute Gasteiger partial charge is 0.367 e. The van der Waals surface area contributed by atoms with E-state index < -0.39 is 6.10 Å². The third kappa shape index (κ3) is 8.32. The Morgan fingerprint density at radius 1 is 0.576 bits per heavy atom. The van der Waals surface area contributed by atoms with Crippen molar-refractivity contribution in [3.8, 4) is 0 Å². The third-order valence-corrected chi connectivity index (χ3v) is 5.17. The lowest BCUT2D eigenvalue weighted by Gasteiger charge is -2.31. The van der Waals surface area contributed by atoms with Gasteiger partial charge in [-0.2, -0.15) is 0 Å². The van der Waals surface area contributed by atoms with Crippen molar-refractivity contribution < 1.29 is 14.2 Å². The van der Waals surface area contributed by atoms with Crippen LogP contribution in [0.2, 0.25) is 0 Å². The zero-order valence-electron chi connectivity index (χ0n) is 19.0. The summed E-state index contributed by atoms with van der Waals surface area (Å²) in [6, 6.07) is 30.3. The molecule has 0 radical (unpaired) electrons. The molecule has 0 amide bonds. The highest BCUT2D eigenvalue weighted by Crippen LogP contribution is 2.20. The molecule has 0 N–H and O–H groups in total. The summed E-state index contributed by atoms with van der Waals surface area (Å²) < 4.78 is 19.0. The minimum Gasteiger partial charge on any atom is -0.367 e. The lowest BCUT2D eigenvalue weighted by atomic mass is 10.1. The lowest BCUT2D eigenvalue weighted by Crippen LogP contribution is -2.40. The van der Waals surface area contributed by atoms with Crippen LogP contribution in [-0.2, 0) is 34.0 Å². The number of rotatable bonds is 14. The summed E-state index contributed by atoms with van der Waals surface area (Å²) in [5.41, 5.74) is 3.27. The van der Waals surface area contributed by atoms with Gasteiger partial charge in [0.15, 0.2) is 0 Å². The summed E-state index contributed by atoms with van der Waals surface area (Å²) in [5.74, 6) is 0. The second-order valence-electron chi connectivity index (χ2n) is 7.64. The standard InChI is InChI=1S/C30H32O3/c1-3-5-21-29(32-23-26-17-11-7-12-18-26)30(33-24-27-19-13-8-14-20-27)28(4-2)31-22-25-15-9-6-10-16-25/h3-21,28-30H,1-2,22-24H2/b21-5-/t28-,29+,30+/m0/s1. The highest BCUT2D eigenvalue weighted by Gasteiger charge is 2.29. The predicted octanol–water partition coefficient (Wildman–Crippen LogP) is 6.67. The number of ether oxygens (including phenoxy) is 3. The first-order valence-electron chi connectivity index (χ1n) is 11.2. The van der Waals surface area contributed by atoms with Crippen LogP contribution >= 0.6 is 0 Å². The normalized spacial score (nSPS) is 13.9. The maximum absolute atomic E-state index is 6.41. The molecule has 0 fully saturated rings. The van der Waals surface area contributed by atoms with Crippen LogP contribution in [0.15, 0.2) is 128 Å². The van der Waals surface area contributed by atoms with Gasteiger partial charge in [0.05, 0.1) is 19.8 Å². The van der Waals surface area contributed by atoms with Crippen molar-refractivity contribution in [1.82, 2.24) is 0 Å². The molecule has 0 aliphatic rings. The van der Waals surface area contributed by atoms with Gasteiger partial charge in [-0.25, -0.2) is 0 Å². The van der Waals surface area contributed by atoms with Gasteiger partial charge >= 0.3 is 0 Å². The van der Waals surface area contributed by atoms with Gasteiger partial charge in [-0.05, 0) is 16.7 Å². The maximum Gasteiger partial charge on any atom is 0.117 e. The van der Waals surface area contributed by atoms with E-state index in [0.717, 1.165) is 16.7 Å². The number of hydrogen-bond donors (Lipinski definition) is 0. The number of benzene rings is 3. The van der Waals surface area contributed by atoms with E-state index in [0.29, 0.717) is 19.8 Å². The van der Waals surface area contributed by atoms with Crippen molar-refractivity contribution in [2.45, 2.75) is 38.1 Å². The van der Waals surface area contributed by atoms with Crippen LogP contribution in [0.4, 0.5) is 0 Å². The van der Waals surface area contributed by atoms with Crippen molar-refractivity contribution in [2.75, 3.05) is 0 Å². The third-order valence-electron chi connectivity index (χ3n) is 5.17. The SMILES string of the molecule is C=C/C=C\[C@@H](OCc1ccccc1)[C@H](OCc1ccccc1)[C@H](C=C)OCc1ccccc1. The van der Waals surface area contributed by atoms with Gasteiger partial charge in [-0.15, -0.1) is 6.58 Å². The van der Waals surface area contributed by atoms with E-state index in [1.165, 1.54) is 0 Å². The van der Waals surface area contributed by atoms with Crippen molar-refractivity contribution in [3.63, 3.8) is 0 Å². The maximum atomic E-state index is 6.41. The zero-order chi connectivity index (χ0) is 23.1. The van der Waals surface area contributed by atoms with Gasteiger partial charge in [0.25, 0.3) is 0 Å². The van der Waals surface area contributed by atoms with Crippen molar-refractivity contribution in [2.24, 2.45) is 0 Å². The molecule has 33 heavy (non-hydrogen) atoms. The van der Waals surface area contributed by atoms with E-state index in [-0.39, 0.29) is 12.2 Å². The molecule has 0 saturated heterocycles. The summed E-state index contributed by atoms with van der Waals surface area (Å²) >= 11 is 0. The lowest BCUT2D eigenvalue weighted by molar-refractivity contribution is -0.123. The van der Waals surface area contributed by atoms with Crippen LogP contribution < -0.4 is 0 Å². The van der Waals surface area contributed by atoms with E-state index in [9.17, 15) is 0 Å². The smallest absolute Gasteiger partial charge is 0.117 e. The van der Waals surface area contributed by atoms with Gasteiger partial charge < -0.3 is 14.2 Å². The Balaban J connectivity index is 1.79. The van der Waals surface area contributed by atoms with Crippen LogP contribution in [0, 0.1) is 0 Å². The first-order valence-corrected chi connectivity index (χ1v) is 11.2. The number of allylic oxidation sites excluding steroid dienone is 2. The van der Waals surface area contributed by atoms with E-state index in [4.69, 9.17) is 14.2 Å². The summed E-state index contributed by atoms with van der Waals surface area (Å²) in [6.45, 7) is 9.19. The highest BCUT2D eigenvalue weighted by atomic mass is 16.6. The second-order valence-corrected chi connectivity index (χ2v) is 7.64. The fraction of sp³-hybridized carbons (Fsp3) is 0.200. The fourth-order valence-electron chi connectivity index (χ4n) is 3.42. The first-order chi connectivity index (χ1) is 16.3. The molecule has 0 heterocycles. The average molecular weight is 441 g/mol. The van der Waals surface area contributed by atoms with Gasteiger partial charge in [0, 0.05) is 0 Å². The predicted molar refractivity (Wildman–Crippen MR) is 135 cm³/mol. The molecule has 0 saturated carbocycles. The number of hydrogen-bond acceptors (Lipinski definition) is 3. The molecule has 0 unspecified atom stereocenters. The molecular weight excluding hydrogens is 408 g/mol. The molecule has 170 valence electrons. The summed E-state index contributed by atoms with van der Waals surface area (Å²) in [7, 11) is 0. The van der Waals surface area contributed by atoms with Gasteiger partial charge in [0.1, 0.15) is 18.3 Å². The van der Waals surface area contributed by atoms with E-state index in [1.807, 2.05) is 103 Å². The molecule has 3 nitrogen and oxygen atoms in total. The molecule has 3 aromatic carbocycles. The van der Waals surface area contributed by atoms with Crippen molar-refractivity contribution in [3.05, 3.63) is 145 Å². The minimum absolute atomic E-state index is 0.356. The van der Waals surface area contributed by atoms with Crippen LogP contribution in [0.1, 0.15) is 16.7 Å². The summed E-state index contributed by atoms with van der Waals surface area (Å²) in [6.07, 6.45) is 6.25. The molecule has 3 rings (SSSR count). The molecule has 3 atom stereocenters. The average Bonchev–Trinajstić information content (AvgIpc) is 2.88. The Hall–Kier alpha value is -3.24. The van der Waals surface area contributed by atoms with Gasteiger partial charge in [-0.1, -0.05) is 122 Å². The molecule has 3 heteroatoms. The summed E-state index contributed by atoms with van der Waals surface area (Å²) in [5, 5.41) is 0. The monoisotopic (exact) mass is 440 g/mol.